The Morgan fingerprint density at radius 2 is 1.64 bits per heavy atom. The van der Waals surface area contributed by atoms with Crippen molar-refractivity contribution in [2.45, 2.75) is 46.6 Å². The lowest BCUT2D eigenvalue weighted by Gasteiger charge is -2.22. The first-order valence-corrected chi connectivity index (χ1v) is 8.03. The summed E-state index contributed by atoms with van der Waals surface area (Å²) in [7, 11) is -1.98. The van der Waals surface area contributed by atoms with E-state index in [2.05, 4.69) is 25.2 Å². The molecule has 0 radical (unpaired) electrons. The van der Waals surface area contributed by atoms with E-state index >= 15 is 0 Å². The second-order valence-corrected chi connectivity index (χ2v) is 6.37. The van der Waals surface area contributed by atoms with Crippen molar-refractivity contribution in [1.82, 2.24) is 0 Å². The van der Waals surface area contributed by atoms with Crippen molar-refractivity contribution in [3.05, 3.63) is 11.8 Å². The molecule has 0 fully saturated rings. The quantitative estimate of drug-likeness (QED) is 0.457. The zero-order chi connectivity index (χ0) is 10.9. The molecular formula is C11H24O2Si. The number of unbranched alkanes of at least 4 members (excludes halogenated alkanes) is 2. The zero-order valence-corrected chi connectivity index (χ0v) is 11.0. The van der Waals surface area contributed by atoms with Crippen molar-refractivity contribution in [2.75, 3.05) is 13.2 Å². The summed E-state index contributed by atoms with van der Waals surface area (Å²) in [4.78, 5) is 0. The Balaban J connectivity index is 3.99. The highest BCUT2D eigenvalue weighted by molar-refractivity contribution is 6.71. The first kappa shape index (κ1) is 13.9. The van der Waals surface area contributed by atoms with Gasteiger partial charge in [-0.1, -0.05) is 25.8 Å². The average Bonchev–Trinajstić information content (AvgIpc) is 2.13. The van der Waals surface area contributed by atoms with Crippen LogP contribution in [0.5, 0.6) is 0 Å². The first-order valence-electron chi connectivity index (χ1n) is 5.64. The van der Waals surface area contributed by atoms with Gasteiger partial charge in [0, 0.05) is 13.2 Å². The molecule has 0 heterocycles. The van der Waals surface area contributed by atoms with Crippen molar-refractivity contribution < 1.29 is 8.85 Å². The minimum Gasteiger partial charge on any atom is -0.392 e. The van der Waals surface area contributed by atoms with E-state index in [9.17, 15) is 0 Å². The van der Waals surface area contributed by atoms with Crippen LogP contribution in [0.25, 0.3) is 0 Å². The Morgan fingerprint density at radius 3 is 2.07 bits per heavy atom. The molecule has 0 aliphatic rings. The minimum atomic E-state index is -1.98. The molecule has 0 spiro atoms. The van der Waals surface area contributed by atoms with Crippen molar-refractivity contribution >= 4 is 8.56 Å². The lowest BCUT2D eigenvalue weighted by atomic mass is 10.2. The van der Waals surface area contributed by atoms with E-state index in [0.29, 0.717) is 0 Å². The molecule has 0 saturated carbocycles. The van der Waals surface area contributed by atoms with Gasteiger partial charge >= 0.3 is 8.56 Å². The van der Waals surface area contributed by atoms with Crippen LogP contribution in [0.2, 0.25) is 6.55 Å². The molecule has 0 aromatic heterocycles. The highest BCUT2D eigenvalue weighted by atomic mass is 28.4. The van der Waals surface area contributed by atoms with Gasteiger partial charge in [-0.05, 0) is 32.5 Å². The molecule has 0 aromatic rings. The fraction of sp³-hybridized carbons (Fsp3) is 0.818. The van der Waals surface area contributed by atoms with E-state index in [1.807, 2.05) is 13.8 Å². The van der Waals surface area contributed by atoms with Crippen LogP contribution < -0.4 is 0 Å². The standard InChI is InChI=1S/C11H24O2Si/c1-5-8-9-10-11-14(4,12-6-2)13-7-3/h10-11H,5-9H2,1-4H3/b11-10+. The molecule has 0 aliphatic carbocycles. The van der Waals surface area contributed by atoms with Gasteiger partial charge in [0.2, 0.25) is 0 Å². The van der Waals surface area contributed by atoms with Crippen LogP contribution in [-0.2, 0) is 8.85 Å². The molecule has 0 amide bonds. The van der Waals surface area contributed by atoms with Crippen molar-refractivity contribution in [3.63, 3.8) is 0 Å². The fourth-order valence-electron chi connectivity index (χ4n) is 1.33. The summed E-state index contributed by atoms with van der Waals surface area (Å²) in [6.07, 6.45) is 5.84. The summed E-state index contributed by atoms with van der Waals surface area (Å²) < 4.78 is 11.4. The maximum atomic E-state index is 5.68. The Kier molecular flexibility index (Phi) is 8.13. The van der Waals surface area contributed by atoms with Crippen molar-refractivity contribution in [2.24, 2.45) is 0 Å². The van der Waals surface area contributed by atoms with Crippen molar-refractivity contribution in [3.8, 4) is 0 Å². The van der Waals surface area contributed by atoms with E-state index < -0.39 is 8.56 Å². The predicted octanol–water partition coefficient (Wildman–Crippen LogP) is 3.42. The number of allylic oxidation sites excluding steroid dienone is 1. The first-order chi connectivity index (χ1) is 6.68. The number of hydrogen-bond acceptors (Lipinski definition) is 2. The number of hydrogen-bond donors (Lipinski definition) is 0. The third-order valence-electron chi connectivity index (χ3n) is 2.01. The van der Waals surface area contributed by atoms with Crippen LogP contribution in [0, 0.1) is 0 Å². The topological polar surface area (TPSA) is 18.5 Å². The second-order valence-electron chi connectivity index (χ2n) is 3.43. The Bertz CT molecular complexity index is 151. The summed E-state index contributed by atoms with van der Waals surface area (Å²) in [5.41, 5.74) is 2.16. The molecule has 0 aliphatic heterocycles. The molecule has 0 unspecified atom stereocenters. The highest BCUT2D eigenvalue weighted by Gasteiger charge is 2.26. The van der Waals surface area contributed by atoms with Crippen LogP contribution in [0.1, 0.15) is 40.0 Å². The van der Waals surface area contributed by atoms with Gasteiger partial charge in [0.25, 0.3) is 0 Å². The third-order valence-corrected chi connectivity index (χ3v) is 4.57. The lowest BCUT2D eigenvalue weighted by Crippen LogP contribution is -2.36. The maximum Gasteiger partial charge on any atom is 0.361 e. The molecule has 0 atom stereocenters. The summed E-state index contributed by atoms with van der Waals surface area (Å²) >= 11 is 0. The molecule has 3 heteroatoms. The van der Waals surface area contributed by atoms with Crippen LogP contribution in [0.3, 0.4) is 0 Å². The summed E-state index contributed by atoms with van der Waals surface area (Å²) in [6.45, 7) is 9.81. The minimum absolute atomic E-state index is 0.737. The van der Waals surface area contributed by atoms with Gasteiger partial charge in [0.1, 0.15) is 0 Å². The molecular weight excluding hydrogens is 192 g/mol. The summed E-state index contributed by atoms with van der Waals surface area (Å²) in [5.74, 6) is 0. The van der Waals surface area contributed by atoms with E-state index in [0.717, 1.165) is 19.6 Å². The summed E-state index contributed by atoms with van der Waals surface area (Å²) in [5, 5.41) is 0. The van der Waals surface area contributed by atoms with Crippen LogP contribution in [-0.4, -0.2) is 21.8 Å². The molecule has 0 bridgehead atoms. The van der Waals surface area contributed by atoms with Gasteiger partial charge in [0.15, 0.2) is 0 Å². The molecule has 0 rings (SSSR count). The smallest absolute Gasteiger partial charge is 0.361 e. The van der Waals surface area contributed by atoms with Gasteiger partial charge in [-0.15, -0.1) is 0 Å². The van der Waals surface area contributed by atoms with E-state index in [4.69, 9.17) is 8.85 Å². The van der Waals surface area contributed by atoms with E-state index in [-0.39, 0.29) is 0 Å². The Morgan fingerprint density at radius 1 is 1.07 bits per heavy atom. The normalized spacial score (nSPS) is 12.6. The van der Waals surface area contributed by atoms with Gasteiger partial charge in [-0.2, -0.15) is 0 Å². The third kappa shape index (κ3) is 6.35. The number of rotatable bonds is 8. The molecule has 0 N–H and O–H groups in total. The van der Waals surface area contributed by atoms with Crippen LogP contribution >= 0.6 is 0 Å². The maximum absolute atomic E-state index is 5.68. The largest absolute Gasteiger partial charge is 0.392 e. The van der Waals surface area contributed by atoms with E-state index in [1.165, 1.54) is 12.8 Å². The second kappa shape index (κ2) is 8.21. The Labute approximate surface area is 89.6 Å². The van der Waals surface area contributed by atoms with Crippen LogP contribution in [0.4, 0.5) is 0 Å². The lowest BCUT2D eigenvalue weighted by molar-refractivity contribution is 0.201. The molecule has 0 saturated heterocycles. The molecule has 2 nitrogen and oxygen atoms in total. The monoisotopic (exact) mass is 216 g/mol. The van der Waals surface area contributed by atoms with Gasteiger partial charge in [0.05, 0.1) is 0 Å². The van der Waals surface area contributed by atoms with Gasteiger partial charge < -0.3 is 8.85 Å². The van der Waals surface area contributed by atoms with Gasteiger partial charge in [-0.25, -0.2) is 0 Å². The Hall–Kier alpha value is -0.123. The SMILES string of the molecule is CCCC/C=C/[Si](C)(OCC)OCC. The fourth-order valence-corrected chi connectivity index (χ4v) is 3.35. The van der Waals surface area contributed by atoms with E-state index in [1.54, 1.807) is 0 Å². The molecule has 84 valence electrons. The summed E-state index contributed by atoms with van der Waals surface area (Å²) in [6, 6.07) is 0. The average molecular weight is 216 g/mol. The van der Waals surface area contributed by atoms with Gasteiger partial charge in [-0.3, -0.25) is 0 Å². The molecule has 0 aromatic carbocycles. The zero-order valence-electron chi connectivity index (χ0n) is 10.0. The van der Waals surface area contributed by atoms with Crippen molar-refractivity contribution in [1.29, 1.82) is 0 Å². The highest BCUT2D eigenvalue weighted by Crippen LogP contribution is 2.10. The predicted molar refractivity (Wildman–Crippen MR) is 63.5 cm³/mol. The van der Waals surface area contributed by atoms with Crippen LogP contribution in [0.15, 0.2) is 11.8 Å². The molecule has 14 heavy (non-hydrogen) atoms.